The van der Waals surface area contributed by atoms with Crippen molar-refractivity contribution < 1.29 is 14.3 Å². The van der Waals surface area contributed by atoms with Crippen LogP contribution in [0.15, 0.2) is 47.3 Å². The Labute approximate surface area is 149 Å². The fourth-order valence-corrected chi connectivity index (χ4v) is 3.20. The first-order chi connectivity index (χ1) is 12.5. The minimum atomic E-state index is -0.764. The molecule has 7 heteroatoms. The van der Waals surface area contributed by atoms with Gasteiger partial charge in [-0.2, -0.15) is 0 Å². The van der Waals surface area contributed by atoms with E-state index in [2.05, 4.69) is 5.32 Å². The summed E-state index contributed by atoms with van der Waals surface area (Å²) in [5.41, 5.74) is 2.03. The molecule has 4 rings (SSSR count). The Morgan fingerprint density at radius 3 is 2.38 bits per heavy atom. The molecule has 0 saturated carbocycles. The van der Waals surface area contributed by atoms with Crippen LogP contribution in [-0.2, 0) is 18.9 Å². The fraction of sp³-hybridized carbons (Fsp3) is 0.263. The third-order valence-corrected chi connectivity index (χ3v) is 4.64. The van der Waals surface area contributed by atoms with Crippen molar-refractivity contribution in [3.8, 4) is 11.5 Å². The molecule has 0 fully saturated rings. The predicted octanol–water partition coefficient (Wildman–Crippen LogP) is 2.04. The minimum Gasteiger partial charge on any atom is -0.482 e. The van der Waals surface area contributed by atoms with E-state index in [0.717, 1.165) is 11.0 Å². The molecule has 2 heterocycles. The van der Waals surface area contributed by atoms with Crippen LogP contribution in [0.1, 0.15) is 6.92 Å². The van der Waals surface area contributed by atoms with E-state index in [0.29, 0.717) is 17.2 Å². The van der Waals surface area contributed by atoms with Gasteiger partial charge in [-0.15, -0.1) is 0 Å². The second-order valence-electron chi connectivity index (χ2n) is 6.40. The maximum absolute atomic E-state index is 12.7. The number of imidazole rings is 1. The fourth-order valence-electron chi connectivity index (χ4n) is 3.20. The summed E-state index contributed by atoms with van der Waals surface area (Å²) >= 11 is 0. The summed E-state index contributed by atoms with van der Waals surface area (Å²) in [7, 11) is 3.42. The highest BCUT2D eigenvalue weighted by molar-refractivity contribution is 5.96. The van der Waals surface area contributed by atoms with Gasteiger partial charge >= 0.3 is 5.69 Å². The second kappa shape index (κ2) is 5.94. The molecular weight excluding hydrogens is 334 g/mol. The number of benzene rings is 2. The number of carbonyl (C=O) groups is 1. The standard InChI is InChI=1S/C19H19N3O4/c1-11-17(26-16-7-5-4-6-15(16)25-11)18(23)20-12-8-9-13-14(10-12)22(3)19(24)21(13)2/h4-11,17H,1-3H3,(H,20,23)/t11-,17+/m0/s1. The smallest absolute Gasteiger partial charge is 0.328 e. The lowest BCUT2D eigenvalue weighted by Gasteiger charge is -2.31. The average molecular weight is 353 g/mol. The van der Waals surface area contributed by atoms with E-state index in [4.69, 9.17) is 9.47 Å². The lowest BCUT2D eigenvalue weighted by Crippen LogP contribution is -2.46. The molecule has 134 valence electrons. The molecule has 3 aromatic rings. The Hall–Kier alpha value is -3.22. The molecule has 26 heavy (non-hydrogen) atoms. The number of anilines is 1. The van der Waals surface area contributed by atoms with Gasteiger partial charge in [0.2, 0.25) is 6.10 Å². The lowest BCUT2D eigenvalue weighted by atomic mass is 10.1. The number of nitrogens with zero attached hydrogens (tertiary/aromatic N) is 2. The normalized spacial score (nSPS) is 18.7. The first kappa shape index (κ1) is 16.3. The lowest BCUT2D eigenvalue weighted by molar-refractivity contribution is -0.128. The van der Waals surface area contributed by atoms with E-state index in [1.54, 1.807) is 48.4 Å². The van der Waals surface area contributed by atoms with Crippen LogP contribution in [0.5, 0.6) is 11.5 Å². The van der Waals surface area contributed by atoms with Crippen molar-refractivity contribution in [2.75, 3.05) is 5.32 Å². The van der Waals surface area contributed by atoms with Crippen LogP contribution < -0.4 is 20.5 Å². The van der Waals surface area contributed by atoms with Gasteiger partial charge in [0.25, 0.3) is 5.91 Å². The van der Waals surface area contributed by atoms with Crippen LogP contribution in [0.25, 0.3) is 11.0 Å². The summed E-state index contributed by atoms with van der Waals surface area (Å²) in [5, 5.41) is 2.85. The number of nitrogens with one attached hydrogen (secondary N) is 1. The number of amides is 1. The first-order valence-electron chi connectivity index (χ1n) is 8.34. The highest BCUT2D eigenvalue weighted by Gasteiger charge is 2.34. The number of fused-ring (bicyclic) bond motifs is 2. The summed E-state index contributed by atoms with van der Waals surface area (Å²) in [6, 6.07) is 12.6. The Bertz CT molecular complexity index is 1070. The van der Waals surface area contributed by atoms with Gasteiger partial charge in [-0.05, 0) is 37.3 Å². The van der Waals surface area contributed by atoms with Gasteiger partial charge in [-0.3, -0.25) is 13.9 Å². The van der Waals surface area contributed by atoms with Crippen LogP contribution in [0.3, 0.4) is 0 Å². The summed E-state index contributed by atoms with van der Waals surface area (Å²) in [5.74, 6) is 0.878. The maximum atomic E-state index is 12.7. The van der Waals surface area contributed by atoms with Crippen LogP contribution in [-0.4, -0.2) is 27.2 Å². The van der Waals surface area contributed by atoms with E-state index >= 15 is 0 Å². The SMILES string of the molecule is C[C@@H]1Oc2ccccc2O[C@H]1C(=O)Nc1ccc2c(c1)n(C)c(=O)n2C. The van der Waals surface area contributed by atoms with Crippen LogP contribution in [0.4, 0.5) is 5.69 Å². The summed E-state index contributed by atoms with van der Waals surface area (Å²) < 4.78 is 14.7. The number of hydrogen-bond donors (Lipinski definition) is 1. The van der Waals surface area contributed by atoms with Gasteiger partial charge in [-0.25, -0.2) is 4.79 Å². The molecule has 0 radical (unpaired) electrons. The third-order valence-electron chi connectivity index (χ3n) is 4.64. The van der Waals surface area contributed by atoms with E-state index in [9.17, 15) is 9.59 Å². The number of para-hydroxylation sites is 2. The molecule has 0 unspecified atom stereocenters. The molecule has 0 spiro atoms. The third kappa shape index (κ3) is 2.52. The van der Waals surface area contributed by atoms with Crippen LogP contribution >= 0.6 is 0 Å². The van der Waals surface area contributed by atoms with Crippen molar-refractivity contribution in [2.24, 2.45) is 14.1 Å². The highest BCUT2D eigenvalue weighted by atomic mass is 16.6. The Morgan fingerprint density at radius 2 is 1.65 bits per heavy atom. The highest BCUT2D eigenvalue weighted by Crippen LogP contribution is 2.33. The molecule has 2 atom stereocenters. The maximum Gasteiger partial charge on any atom is 0.328 e. The number of rotatable bonds is 2. The second-order valence-corrected chi connectivity index (χ2v) is 6.40. The zero-order chi connectivity index (χ0) is 18.4. The van der Waals surface area contributed by atoms with Crippen molar-refractivity contribution in [2.45, 2.75) is 19.1 Å². The quantitative estimate of drug-likeness (QED) is 0.765. The van der Waals surface area contributed by atoms with Crippen molar-refractivity contribution in [3.63, 3.8) is 0 Å². The van der Waals surface area contributed by atoms with E-state index in [-0.39, 0.29) is 11.6 Å². The molecule has 0 bridgehead atoms. The predicted molar refractivity (Wildman–Crippen MR) is 97.7 cm³/mol. The zero-order valence-corrected chi connectivity index (χ0v) is 14.7. The molecule has 1 amide bonds. The first-order valence-corrected chi connectivity index (χ1v) is 8.34. The van der Waals surface area contributed by atoms with Crippen molar-refractivity contribution in [3.05, 3.63) is 52.9 Å². The Balaban J connectivity index is 1.59. The van der Waals surface area contributed by atoms with Crippen molar-refractivity contribution in [1.29, 1.82) is 0 Å². The Morgan fingerprint density at radius 1 is 1.00 bits per heavy atom. The van der Waals surface area contributed by atoms with E-state index in [1.165, 1.54) is 0 Å². The van der Waals surface area contributed by atoms with Gasteiger partial charge in [-0.1, -0.05) is 12.1 Å². The zero-order valence-electron chi connectivity index (χ0n) is 14.7. The van der Waals surface area contributed by atoms with Gasteiger partial charge in [0, 0.05) is 19.8 Å². The van der Waals surface area contributed by atoms with Crippen LogP contribution in [0.2, 0.25) is 0 Å². The van der Waals surface area contributed by atoms with Crippen LogP contribution in [0, 0.1) is 0 Å². The number of aromatic nitrogens is 2. The molecule has 0 aliphatic carbocycles. The minimum absolute atomic E-state index is 0.113. The summed E-state index contributed by atoms with van der Waals surface area (Å²) in [6.07, 6.45) is -1.19. The molecule has 7 nitrogen and oxygen atoms in total. The van der Waals surface area contributed by atoms with E-state index in [1.807, 2.05) is 24.3 Å². The summed E-state index contributed by atoms with van der Waals surface area (Å²) in [4.78, 5) is 24.7. The molecule has 1 aliphatic heterocycles. The molecule has 0 saturated heterocycles. The monoisotopic (exact) mass is 353 g/mol. The van der Waals surface area contributed by atoms with Crippen molar-refractivity contribution >= 4 is 22.6 Å². The number of ether oxygens (including phenoxy) is 2. The molecular formula is C19H19N3O4. The molecule has 1 aliphatic rings. The van der Waals surface area contributed by atoms with E-state index < -0.39 is 12.2 Å². The summed E-state index contributed by atoms with van der Waals surface area (Å²) in [6.45, 7) is 1.80. The topological polar surface area (TPSA) is 74.5 Å². The van der Waals surface area contributed by atoms with Gasteiger partial charge < -0.3 is 14.8 Å². The molecule has 2 aromatic carbocycles. The van der Waals surface area contributed by atoms with Gasteiger partial charge in [0.15, 0.2) is 11.5 Å². The number of aryl methyl sites for hydroxylation is 2. The average Bonchev–Trinajstić information content (AvgIpc) is 2.85. The number of carbonyl (C=O) groups excluding carboxylic acids is 1. The van der Waals surface area contributed by atoms with Gasteiger partial charge in [0.1, 0.15) is 6.10 Å². The number of hydrogen-bond acceptors (Lipinski definition) is 4. The Kier molecular flexibility index (Phi) is 3.72. The largest absolute Gasteiger partial charge is 0.482 e. The van der Waals surface area contributed by atoms with Gasteiger partial charge in [0.05, 0.1) is 11.0 Å². The van der Waals surface area contributed by atoms with Crippen molar-refractivity contribution in [1.82, 2.24) is 9.13 Å². The molecule has 1 aromatic heterocycles. The molecule has 1 N–H and O–H groups in total.